The average Bonchev–Trinajstić information content (AvgIpc) is 1.85. The van der Waals surface area contributed by atoms with Crippen molar-refractivity contribution in [1.82, 2.24) is 5.32 Å². The standard InChI is InChI=1S/C5H10N2O3/c1-5(7-2,3(6)8)4(9)10/h7H,1-2H3,(H2,6,8)(H,9,10). The Morgan fingerprint density at radius 2 is 2.00 bits per heavy atom. The van der Waals surface area contributed by atoms with E-state index in [0.717, 1.165) is 0 Å². The Labute approximate surface area is 58.2 Å². The molecule has 0 bridgehead atoms. The zero-order valence-electron chi connectivity index (χ0n) is 5.84. The molecule has 4 N–H and O–H groups in total. The van der Waals surface area contributed by atoms with Gasteiger partial charge in [-0.2, -0.15) is 0 Å². The number of carboxylic acid groups (broad SMARTS) is 1. The highest BCUT2D eigenvalue weighted by molar-refractivity contribution is 6.05. The van der Waals surface area contributed by atoms with Gasteiger partial charge in [0.25, 0.3) is 0 Å². The summed E-state index contributed by atoms with van der Waals surface area (Å²) in [5.74, 6) is -2.18. The first-order valence-electron chi connectivity index (χ1n) is 2.67. The number of nitrogens with two attached hydrogens (primary N) is 1. The maximum absolute atomic E-state index is 10.5. The van der Waals surface area contributed by atoms with Crippen molar-refractivity contribution in [1.29, 1.82) is 0 Å². The molecule has 0 aromatic heterocycles. The normalized spacial score (nSPS) is 15.8. The molecule has 0 aliphatic heterocycles. The van der Waals surface area contributed by atoms with Crippen LogP contribution in [0.3, 0.4) is 0 Å². The molecule has 5 heteroatoms. The summed E-state index contributed by atoms with van der Waals surface area (Å²) in [5.41, 5.74) is 3.15. The van der Waals surface area contributed by atoms with Crippen molar-refractivity contribution in [3.63, 3.8) is 0 Å². The molecule has 0 rings (SSSR count). The molecule has 0 spiro atoms. The van der Waals surface area contributed by atoms with Crippen molar-refractivity contribution in [3.8, 4) is 0 Å². The first-order valence-corrected chi connectivity index (χ1v) is 2.67. The summed E-state index contributed by atoms with van der Waals surface area (Å²) in [4.78, 5) is 20.8. The lowest BCUT2D eigenvalue weighted by Crippen LogP contribution is -2.57. The molecule has 0 aliphatic carbocycles. The van der Waals surface area contributed by atoms with Crippen LogP contribution in [0.1, 0.15) is 6.92 Å². The monoisotopic (exact) mass is 146 g/mol. The minimum Gasteiger partial charge on any atom is -0.479 e. The molecular formula is C5H10N2O3. The van der Waals surface area contributed by atoms with Gasteiger partial charge < -0.3 is 10.8 Å². The van der Waals surface area contributed by atoms with E-state index in [9.17, 15) is 9.59 Å². The lowest BCUT2D eigenvalue weighted by molar-refractivity contribution is -0.148. The molecule has 0 fully saturated rings. The number of nitrogens with one attached hydrogen (secondary N) is 1. The van der Waals surface area contributed by atoms with Gasteiger partial charge in [0.1, 0.15) is 0 Å². The van der Waals surface area contributed by atoms with E-state index in [1.165, 1.54) is 14.0 Å². The largest absolute Gasteiger partial charge is 0.479 e. The van der Waals surface area contributed by atoms with Crippen LogP contribution in [0.25, 0.3) is 0 Å². The number of hydrogen-bond acceptors (Lipinski definition) is 3. The fourth-order valence-electron chi connectivity index (χ4n) is 0.336. The second kappa shape index (κ2) is 2.66. The van der Waals surface area contributed by atoms with Crippen LogP contribution in [-0.4, -0.2) is 29.6 Å². The van der Waals surface area contributed by atoms with Crippen molar-refractivity contribution in [2.45, 2.75) is 12.5 Å². The van der Waals surface area contributed by atoms with Crippen LogP contribution >= 0.6 is 0 Å². The first-order chi connectivity index (χ1) is 4.45. The number of aliphatic carboxylic acids is 1. The van der Waals surface area contributed by atoms with Gasteiger partial charge in [-0.25, -0.2) is 4.79 Å². The lowest BCUT2D eigenvalue weighted by atomic mass is 10.0. The van der Waals surface area contributed by atoms with Gasteiger partial charge in [-0.05, 0) is 14.0 Å². The second-order valence-electron chi connectivity index (χ2n) is 2.04. The molecule has 0 radical (unpaired) electrons. The molecule has 58 valence electrons. The van der Waals surface area contributed by atoms with Crippen LogP contribution in [0.2, 0.25) is 0 Å². The van der Waals surface area contributed by atoms with E-state index in [1.54, 1.807) is 0 Å². The van der Waals surface area contributed by atoms with Crippen molar-refractivity contribution in [3.05, 3.63) is 0 Å². The third-order valence-electron chi connectivity index (χ3n) is 1.42. The molecule has 0 aromatic rings. The smallest absolute Gasteiger partial charge is 0.333 e. The Balaban J connectivity index is 4.55. The van der Waals surface area contributed by atoms with E-state index in [0.29, 0.717) is 0 Å². The van der Waals surface area contributed by atoms with E-state index in [1.807, 2.05) is 0 Å². The number of primary amides is 1. The average molecular weight is 146 g/mol. The van der Waals surface area contributed by atoms with Gasteiger partial charge in [0.2, 0.25) is 5.91 Å². The van der Waals surface area contributed by atoms with Gasteiger partial charge in [0.05, 0.1) is 0 Å². The Morgan fingerprint density at radius 1 is 1.60 bits per heavy atom. The van der Waals surface area contributed by atoms with Gasteiger partial charge in [0, 0.05) is 0 Å². The Morgan fingerprint density at radius 3 is 2.00 bits per heavy atom. The predicted molar refractivity (Wildman–Crippen MR) is 34.3 cm³/mol. The molecule has 0 saturated heterocycles. The number of likely N-dealkylation sites (N-methyl/N-ethyl adjacent to an activating group) is 1. The summed E-state index contributed by atoms with van der Waals surface area (Å²) in [6, 6.07) is 0. The third-order valence-corrected chi connectivity index (χ3v) is 1.42. The van der Waals surface area contributed by atoms with Crippen LogP contribution < -0.4 is 11.1 Å². The van der Waals surface area contributed by atoms with E-state index < -0.39 is 17.4 Å². The van der Waals surface area contributed by atoms with Crippen molar-refractivity contribution in [2.75, 3.05) is 7.05 Å². The number of hydrogen-bond donors (Lipinski definition) is 3. The molecule has 0 saturated carbocycles. The van der Waals surface area contributed by atoms with Gasteiger partial charge in [0.15, 0.2) is 5.54 Å². The predicted octanol–water partition coefficient (Wildman–Crippen LogP) is -1.47. The maximum Gasteiger partial charge on any atom is 0.333 e. The number of rotatable bonds is 3. The van der Waals surface area contributed by atoms with Crippen LogP contribution in [0, 0.1) is 0 Å². The van der Waals surface area contributed by atoms with E-state index in [4.69, 9.17) is 10.8 Å². The summed E-state index contributed by atoms with van der Waals surface area (Å²) in [6.07, 6.45) is 0. The molecule has 0 heterocycles. The number of carboxylic acids is 1. The van der Waals surface area contributed by atoms with Crippen molar-refractivity contribution >= 4 is 11.9 Å². The van der Waals surface area contributed by atoms with Gasteiger partial charge in [-0.1, -0.05) is 0 Å². The Hall–Kier alpha value is -1.10. The molecule has 1 unspecified atom stereocenters. The van der Waals surface area contributed by atoms with Crippen LogP contribution in [0.4, 0.5) is 0 Å². The minimum absolute atomic E-state index is 0.900. The highest BCUT2D eigenvalue weighted by Crippen LogP contribution is 2.00. The van der Waals surface area contributed by atoms with Crippen LogP contribution in [-0.2, 0) is 9.59 Å². The third kappa shape index (κ3) is 1.24. The Bertz CT molecular complexity index is 152. The quantitative estimate of drug-likeness (QED) is 0.424. The summed E-state index contributed by atoms with van der Waals surface area (Å²) in [6.45, 7) is 1.21. The van der Waals surface area contributed by atoms with Crippen LogP contribution in [0.15, 0.2) is 0 Å². The number of amides is 1. The second-order valence-corrected chi connectivity index (χ2v) is 2.04. The van der Waals surface area contributed by atoms with Crippen LogP contribution in [0.5, 0.6) is 0 Å². The highest BCUT2D eigenvalue weighted by Gasteiger charge is 2.37. The van der Waals surface area contributed by atoms with Crippen molar-refractivity contribution < 1.29 is 14.7 Å². The molecule has 0 aliphatic rings. The molecule has 5 nitrogen and oxygen atoms in total. The fraction of sp³-hybridized carbons (Fsp3) is 0.600. The molecule has 10 heavy (non-hydrogen) atoms. The van der Waals surface area contributed by atoms with Gasteiger partial charge in [-0.3, -0.25) is 10.1 Å². The molecule has 1 amide bonds. The van der Waals surface area contributed by atoms with Gasteiger partial charge in [-0.15, -0.1) is 0 Å². The zero-order valence-corrected chi connectivity index (χ0v) is 5.84. The Kier molecular flexibility index (Phi) is 2.36. The zero-order chi connectivity index (χ0) is 8.36. The topological polar surface area (TPSA) is 92.4 Å². The maximum atomic E-state index is 10.5. The van der Waals surface area contributed by atoms with E-state index in [2.05, 4.69) is 5.32 Å². The molecule has 0 aromatic carbocycles. The van der Waals surface area contributed by atoms with E-state index >= 15 is 0 Å². The molecule has 1 atom stereocenters. The van der Waals surface area contributed by atoms with Crippen molar-refractivity contribution in [2.24, 2.45) is 5.73 Å². The number of carbonyl (C=O) groups is 2. The first kappa shape index (κ1) is 8.90. The van der Waals surface area contributed by atoms with E-state index in [-0.39, 0.29) is 0 Å². The molecular weight excluding hydrogens is 136 g/mol. The SMILES string of the molecule is CNC(C)(C(N)=O)C(=O)O. The summed E-state index contributed by atoms with van der Waals surface area (Å²) in [5, 5.41) is 10.7. The summed E-state index contributed by atoms with van der Waals surface area (Å²) in [7, 11) is 1.36. The fourth-order valence-corrected chi connectivity index (χ4v) is 0.336. The van der Waals surface area contributed by atoms with Gasteiger partial charge >= 0.3 is 5.97 Å². The summed E-state index contributed by atoms with van der Waals surface area (Å²) >= 11 is 0. The lowest BCUT2D eigenvalue weighted by Gasteiger charge is -2.18. The summed E-state index contributed by atoms with van der Waals surface area (Å²) < 4.78 is 0. The number of carbonyl (C=O) groups excluding carboxylic acids is 1. The highest BCUT2D eigenvalue weighted by atomic mass is 16.4. The minimum atomic E-state index is -1.65.